The lowest BCUT2D eigenvalue weighted by Gasteiger charge is -2.15. The van der Waals surface area contributed by atoms with Crippen LogP contribution in [-0.2, 0) is 11.2 Å². The van der Waals surface area contributed by atoms with Crippen LogP contribution in [0.2, 0.25) is 0 Å². The number of nitrogens with zero attached hydrogens (tertiary/aromatic N) is 1. The number of nitrogens with one attached hydrogen (secondary N) is 1. The van der Waals surface area contributed by atoms with Gasteiger partial charge >= 0.3 is 0 Å². The highest BCUT2D eigenvalue weighted by molar-refractivity contribution is 5.95. The number of aromatic nitrogens is 1. The molecule has 0 saturated carbocycles. The van der Waals surface area contributed by atoms with Crippen LogP contribution in [0.25, 0.3) is 0 Å². The summed E-state index contributed by atoms with van der Waals surface area (Å²) in [5.41, 5.74) is 8.11. The third kappa shape index (κ3) is 4.62. The molecule has 1 atom stereocenters. The zero-order valence-electron chi connectivity index (χ0n) is 13.7. The average Bonchev–Trinajstić information content (AvgIpc) is 2.52. The van der Waals surface area contributed by atoms with Gasteiger partial charge in [0.05, 0.1) is 17.2 Å². The molecule has 0 saturated heterocycles. The number of rotatable bonds is 6. The van der Waals surface area contributed by atoms with Gasteiger partial charge < -0.3 is 11.1 Å². The molecule has 0 radical (unpaired) electrons. The van der Waals surface area contributed by atoms with E-state index in [9.17, 15) is 14.0 Å². The van der Waals surface area contributed by atoms with Crippen molar-refractivity contribution in [3.8, 4) is 0 Å². The monoisotopic (exact) mass is 329 g/mol. The molecule has 0 fully saturated rings. The Morgan fingerprint density at radius 1 is 1.17 bits per heavy atom. The fourth-order valence-electron chi connectivity index (χ4n) is 2.42. The van der Waals surface area contributed by atoms with Gasteiger partial charge in [0.2, 0.25) is 5.91 Å². The quantitative estimate of drug-likeness (QED) is 0.849. The molecule has 2 aromatic rings. The topological polar surface area (TPSA) is 85.1 Å². The van der Waals surface area contributed by atoms with Crippen LogP contribution in [0.5, 0.6) is 0 Å². The van der Waals surface area contributed by atoms with Gasteiger partial charge in [-0.25, -0.2) is 4.39 Å². The summed E-state index contributed by atoms with van der Waals surface area (Å²) in [4.78, 5) is 28.1. The van der Waals surface area contributed by atoms with Crippen LogP contribution >= 0.6 is 0 Å². The van der Waals surface area contributed by atoms with Gasteiger partial charge in [-0.15, -0.1) is 0 Å². The van der Waals surface area contributed by atoms with Crippen molar-refractivity contribution >= 4 is 11.8 Å². The zero-order valence-corrected chi connectivity index (χ0v) is 13.7. The number of nitrogens with two attached hydrogens (primary N) is 1. The summed E-state index contributed by atoms with van der Waals surface area (Å²) in [6.45, 7) is 3.71. The van der Waals surface area contributed by atoms with E-state index in [0.29, 0.717) is 17.7 Å². The van der Waals surface area contributed by atoms with Crippen molar-refractivity contribution in [1.29, 1.82) is 0 Å². The number of benzene rings is 1. The Bertz CT molecular complexity index is 744. The van der Waals surface area contributed by atoms with Crippen LogP contribution in [0.4, 0.5) is 4.39 Å². The summed E-state index contributed by atoms with van der Waals surface area (Å²) in [5, 5.41) is 2.72. The first kappa shape index (κ1) is 17.6. The summed E-state index contributed by atoms with van der Waals surface area (Å²) < 4.78 is 12.9. The Hall–Kier alpha value is -2.76. The number of hydrogen-bond donors (Lipinski definition) is 2. The first-order valence-corrected chi connectivity index (χ1v) is 7.63. The molecule has 24 heavy (non-hydrogen) atoms. The number of carbonyl (C=O) groups is 2. The van der Waals surface area contributed by atoms with Gasteiger partial charge in [0, 0.05) is 12.2 Å². The number of halogens is 1. The highest BCUT2D eigenvalue weighted by atomic mass is 19.1. The fraction of sp³-hybridized carbons (Fsp3) is 0.278. The van der Waals surface area contributed by atoms with E-state index < -0.39 is 11.8 Å². The molecule has 1 aromatic carbocycles. The molecule has 5 nitrogen and oxygen atoms in total. The number of primary amides is 1. The fourth-order valence-corrected chi connectivity index (χ4v) is 2.42. The molecule has 0 unspecified atom stereocenters. The largest absolute Gasteiger partial charge is 0.369 e. The lowest BCUT2D eigenvalue weighted by Crippen LogP contribution is -2.37. The first-order chi connectivity index (χ1) is 11.4. The maximum absolute atomic E-state index is 12.9. The number of aryl methyl sites for hydroxylation is 2. The van der Waals surface area contributed by atoms with Gasteiger partial charge in [0.15, 0.2) is 0 Å². The second-order valence-electron chi connectivity index (χ2n) is 5.73. The lowest BCUT2D eigenvalue weighted by molar-refractivity contribution is -0.121. The van der Waals surface area contributed by atoms with E-state index in [1.54, 1.807) is 31.2 Å². The van der Waals surface area contributed by atoms with Gasteiger partial charge in [-0.2, -0.15) is 0 Å². The van der Waals surface area contributed by atoms with Crippen LogP contribution < -0.4 is 11.1 Å². The van der Waals surface area contributed by atoms with Crippen molar-refractivity contribution in [3.63, 3.8) is 0 Å². The van der Waals surface area contributed by atoms with E-state index in [1.165, 1.54) is 12.1 Å². The molecule has 3 N–H and O–H groups in total. The average molecular weight is 329 g/mol. The summed E-state index contributed by atoms with van der Waals surface area (Å²) >= 11 is 0. The van der Waals surface area contributed by atoms with Gasteiger partial charge in [-0.1, -0.05) is 12.1 Å². The standard InChI is InChI=1S/C18H20FN3O2/c1-11-3-8-16(12(2)22-11)18(24)21-10-14(17(20)23)9-13-4-6-15(19)7-5-13/h3-8,14H,9-10H2,1-2H3,(H2,20,23)(H,21,24)/t14-/m0/s1. The first-order valence-electron chi connectivity index (χ1n) is 7.63. The van der Waals surface area contributed by atoms with E-state index in [-0.39, 0.29) is 18.3 Å². The maximum atomic E-state index is 12.9. The molecule has 1 heterocycles. The number of carbonyl (C=O) groups excluding carboxylic acids is 2. The van der Waals surface area contributed by atoms with Crippen LogP contribution in [0.1, 0.15) is 27.3 Å². The Morgan fingerprint density at radius 3 is 2.42 bits per heavy atom. The maximum Gasteiger partial charge on any atom is 0.253 e. The van der Waals surface area contributed by atoms with Crippen molar-refractivity contribution in [1.82, 2.24) is 10.3 Å². The minimum Gasteiger partial charge on any atom is -0.369 e. The smallest absolute Gasteiger partial charge is 0.253 e. The van der Waals surface area contributed by atoms with Crippen molar-refractivity contribution in [2.75, 3.05) is 6.54 Å². The molecule has 0 spiro atoms. The number of amides is 2. The molecule has 0 aliphatic rings. The summed E-state index contributed by atoms with van der Waals surface area (Å²) in [6, 6.07) is 9.31. The van der Waals surface area contributed by atoms with E-state index >= 15 is 0 Å². The highest BCUT2D eigenvalue weighted by Crippen LogP contribution is 2.11. The number of hydrogen-bond acceptors (Lipinski definition) is 3. The third-order valence-electron chi connectivity index (χ3n) is 3.78. The molecular formula is C18H20FN3O2. The Balaban J connectivity index is 2.01. The van der Waals surface area contributed by atoms with Gasteiger partial charge in [0.25, 0.3) is 5.91 Å². The number of pyridine rings is 1. The van der Waals surface area contributed by atoms with Crippen LogP contribution in [0.15, 0.2) is 36.4 Å². The normalized spacial score (nSPS) is 11.8. The Kier molecular flexibility index (Phi) is 5.63. The molecule has 2 amide bonds. The summed E-state index contributed by atoms with van der Waals surface area (Å²) in [6.07, 6.45) is 0.334. The van der Waals surface area contributed by atoms with Crippen molar-refractivity contribution in [3.05, 3.63) is 64.7 Å². The predicted molar refractivity (Wildman–Crippen MR) is 88.8 cm³/mol. The highest BCUT2D eigenvalue weighted by Gasteiger charge is 2.18. The minimum atomic E-state index is -0.571. The van der Waals surface area contributed by atoms with Crippen LogP contribution in [0.3, 0.4) is 0 Å². The molecule has 6 heteroatoms. The van der Waals surface area contributed by atoms with Gasteiger partial charge in [0.1, 0.15) is 5.82 Å². The molecule has 126 valence electrons. The second-order valence-corrected chi connectivity index (χ2v) is 5.73. The second kappa shape index (κ2) is 7.68. The van der Waals surface area contributed by atoms with Gasteiger partial charge in [-0.05, 0) is 50.1 Å². The molecular weight excluding hydrogens is 309 g/mol. The SMILES string of the molecule is Cc1ccc(C(=O)NC[C@H](Cc2ccc(F)cc2)C(N)=O)c(C)n1. The van der Waals surface area contributed by atoms with E-state index in [2.05, 4.69) is 10.3 Å². The molecule has 1 aromatic heterocycles. The summed E-state index contributed by atoms with van der Waals surface area (Å²) in [5.74, 6) is -1.73. The van der Waals surface area contributed by atoms with E-state index in [4.69, 9.17) is 5.73 Å². The summed E-state index contributed by atoms with van der Waals surface area (Å²) in [7, 11) is 0. The Morgan fingerprint density at radius 2 is 1.83 bits per heavy atom. The third-order valence-corrected chi connectivity index (χ3v) is 3.78. The van der Waals surface area contributed by atoms with Crippen molar-refractivity contribution < 1.29 is 14.0 Å². The van der Waals surface area contributed by atoms with Gasteiger partial charge in [-0.3, -0.25) is 14.6 Å². The minimum absolute atomic E-state index is 0.110. The zero-order chi connectivity index (χ0) is 17.7. The molecule has 2 rings (SSSR count). The van der Waals surface area contributed by atoms with E-state index in [0.717, 1.165) is 11.3 Å². The van der Waals surface area contributed by atoms with Crippen molar-refractivity contribution in [2.45, 2.75) is 20.3 Å². The molecule has 0 aliphatic heterocycles. The molecule has 0 bridgehead atoms. The van der Waals surface area contributed by atoms with E-state index in [1.807, 2.05) is 6.92 Å². The lowest BCUT2D eigenvalue weighted by atomic mass is 9.98. The van der Waals surface area contributed by atoms with Crippen molar-refractivity contribution in [2.24, 2.45) is 11.7 Å². The van der Waals surface area contributed by atoms with Crippen LogP contribution in [0, 0.1) is 25.6 Å². The van der Waals surface area contributed by atoms with Crippen LogP contribution in [-0.4, -0.2) is 23.3 Å². The molecule has 0 aliphatic carbocycles. The Labute approximate surface area is 140 Å². The predicted octanol–water partition coefficient (Wildman–Crippen LogP) is 1.91.